The molecule has 0 aliphatic heterocycles. The average molecular weight is 384 g/mol. The molecule has 0 saturated heterocycles. The second kappa shape index (κ2) is 7.89. The Morgan fingerprint density at radius 3 is 2.56 bits per heavy atom. The number of carbonyl (C=O) groups excluding carboxylic acids is 1. The van der Waals surface area contributed by atoms with Gasteiger partial charge in [0.25, 0.3) is 5.91 Å². The molecule has 3 N–H and O–H groups in total. The summed E-state index contributed by atoms with van der Waals surface area (Å²) >= 11 is 1.30. The van der Waals surface area contributed by atoms with E-state index in [1.54, 1.807) is 0 Å². The quantitative estimate of drug-likeness (QED) is 0.755. The fourth-order valence-electron chi connectivity index (χ4n) is 2.29. The number of methoxy groups -OCH3 is 1. The molecule has 1 aromatic heterocycles. The van der Waals surface area contributed by atoms with Gasteiger partial charge in [0.2, 0.25) is 15.2 Å². The van der Waals surface area contributed by atoms with Crippen LogP contribution in [0.15, 0.2) is 23.1 Å². The van der Waals surface area contributed by atoms with Crippen LogP contribution in [0.4, 0.5) is 5.13 Å². The molecule has 0 bridgehead atoms. The summed E-state index contributed by atoms with van der Waals surface area (Å²) in [7, 11) is -2.54. The van der Waals surface area contributed by atoms with Crippen LogP contribution in [0.3, 0.4) is 0 Å². The molecule has 2 rings (SSSR count). The van der Waals surface area contributed by atoms with Crippen molar-refractivity contribution in [1.29, 1.82) is 0 Å². The van der Waals surface area contributed by atoms with E-state index >= 15 is 0 Å². The van der Waals surface area contributed by atoms with Crippen LogP contribution < -0.4 is 15.2 Å². The van der Waals surface area contributed by atoms with E-state index in [2.05, 4.69) is 29.4 Å². The fraction of sp³-hybridized carbons (Fsp3) is 0.400. The lowest BCUT2D eigenvalue weighted by Crippen LogP contribution is -2.16. The van der Waals surface area contributed by atoms with Crippen LogP contribution >= 0.6 is 11.3 Å². The molecule has 0 radical (unpaired) electrons. The summed E-state index contributed by atoms with van der Waals surface area (Å²) in [6.07, 6.45) is 1.87. The Morgan fingerprint density at radius 1 is 1.32 bits per heavy atom. The highest BCUT2D eigenvalue weighted by atomic mass is 32.2. The summed E-state index contributed by atoms with van der Waals surface area (Å²) < 4.78 is 28.1. The highest BCUT2D eigenvalue weighted by Crippen LogP contribution is 2.29. The lowest BCUT2D eigenvalue weighted by Gasteiger charge is -2.09. The van der Waals surface area contributed by atoms with Crippen molar-refractivity contribution in [2.75, 3.05) is 12.4 Å². The molecule has 0 spiro atoms. The zero-order chi connectivity index (χ0) is 18.6. The van der Waals surface area contributed by atoms with Crippen molar-refractivity contribution in [2.45, 2.75) is 37.5 Å². The fourth-order valence-corrected chi connectivity index (χ4v) is 3.84. The Morgan fingerprint density at radius 2 is 2.00 bits per heavy atom. The van der Waals surface area contributed by atoms with Gasteiger partial charge in [0.1, 0.15) is 10.8 Å². The third-order valence-electron chi connectivity index (χ3n) is 3.74. The number of sulfonamides is 1. The molecule has 0 saturated carbocycles. The van der Waals surface area contributed by atoms with Crippen LogP contribution in [0.2, 0.25) is 0 Å². The van der Waals surface area contributed by atoms with Gasteiger partial charge in [-0.3, -0.25) is 10.1 Å². The molecule has 0 aliphatic carbocycles. The molecule has 1 amide bonds. The smallest absolute Gasteiger partial charge is 0.261 e. The molecule has 0 unspecified atom stereocenters. The van der Waals surface area contributed by atoms with Crippen LogP contribution in [-0.4, -0.2) is 31.6 Å². The number of benzene rings is 1. The number of nitrogens with one attached hydrogen (secondary N) is 1. The topological polar surface area (TPSA) is 124 Å². The molecule has 0 fully saturated rings. The van der Waals surface area contributed by atoms with Gasteiger partial charge < -0.3 is 4.74 Å². The minimum Gasteiger partial charge on any atom is -0.496 e. The number of ether oxygens (including phenoxy) is 1. The Hall–Kier alpha value is -2.04. The number of primary sulfonamides is 1. The summed E-state index contributed by atoms with van der Waals surface area (Å²) in [5.41, 5.74) is 0.0494. The van der Waals surface area contributed by atoms with Crippen LogP contribution in [0, 0.1) is 0 Å². The maximum Gasteiger partial charge on any atom is 0.261 e. The van der Waals surface area contributed by atoms with Crippen molar-refractivity contribution in [1.82, 2.24) is 10.2 Å². The van der Waals surface area contributed by atoms with E-state index in [9.17, 15) is 13.2 Å². The number of hydrogen-bond donors (Lipinski definition) is 2. The third kappa shape index (κ3) is 4.53. The summed E-state index contributed by atoms with van der Waals surface area (Å²) in [5, 5.41) is 17.0. The van der Waals surface area contributed by atoms with Gasteiger partial charge in [-0.1, -0.05) is 25.2 Å². The SMILES string of the molecule is CCC(CC)c1nnc(NC(=O)c2cc(S(N)(=O)=O)ccc2OC)s1. The molecule has 1 heterocycles. The normalized spacial score (nSPS) is 11.6. The predicted octanol–water partition coefficient (Wildman–Crippen LogP) is 2.35. The minimum absolute atomic E-state index is 0.0494. The number of nitrogens with two attached hydrogens (primary N) is 1. The van der Waals surface area contributed by atoms with Crippen molar-refractivity contribution in [3.05, 3.63) is 28.8 Å². The van der Waals surface area contributed by atoms with E-state index in [0.717, 1.165) is 17.8 Å². The first-order valence-electron chi connectivity index (χ1n) is 7.65. The van der Waals surface area contributed by atoms with Crippen LogP contribution in [0.5, 0.6) is 5.75 Å². The minimum atomic E-state index is -3.93. The summed E-state index contributed by atoms with van der Waals surface area (Å²) in [6, 6.07) is 3.83. The second-order valence-corrected chi connectivity index (χ2v) is 7.89. The zero-order valence-corrected chi connectivity index (χ0v) is 15.8. The van der Waals surface area contributed by atoms with Crippen molar-refractivity contribution < 1.29 is 17.9 Å². The number of aromatic nitrogens is 2. The lowest BCUT2D eigenvalue weighted by molar-refractivity contribution is 0.102. The molecule has 0 atom stereocenters. The van der Waals surface area contributed by atoms with Crippen molar-refractivity contribution in [3.63, 3.8) is 0 Å². The Balaban J connectivity index is 2.29. The van der Waals surface area contributed by atoms with Crippen LogP contribution in [-0.2, 0) is 10.0 Å². The van der Waals surface area contributed by atoms with E-state index < -0.39 is 15.9 Å². The van der Waals surface area contributed by atoms with Gasteiger partial charge in [-0.25, -0.2) is 13.6 Å². The number of amides is 1. The molecule has 10 heteroatoms. The second-order valence-electron chi connectivity index (χ2n) is 5.32. The lowest BCUT2D eigenvalue weighted by atomic mass is 10.1. The van der Waals surface area contributed by atoms with E-state index in [4.69, 9.17) is 9.88 Å². The first-order valence-corrected chi connectivity index (χ1v) is 10.0. The van der Waals surface area contributed by atoms with Gasteiger partial charge in [0.05, 0.1) is 17.6 Å². The van der Waals surface area contributed by atoms with Gasteiger partial charge in [0.15, 0.2) is 0 Å². The van der Waals surface area contributed by atoms with E-state index in [0.29, 0.717) is 11.0 Å². The molecule has 25 heavy (non-hydrogen) atoms. The first kappa shape index (κ1) is 19.3. The standard InChI is InChI=1S/C15H20N4O4S2/c1-4-9(5-2)14-18-19-15(24-14)17-13(20)11-8-10(25(16,21)22)6-7-12(11)23-3/h6-9H,4-5H2,1-3H3,(H2,16,21,22)(H,17,19,20). The summed E-state index contributed by atoms with van der Waals surface area (Å²) in [4.78, 5) is 12.3. The molecule has 136 valence electrons. The number of anilines is 1. The van der Waals surface area contributed by atoms with Crippen molar-refractivity contribution >= 4 is 32.4 Å². The maximum absolute atomic E-state index is 12.5. The Bertz CT molecular complexity index is 860. The van der Waals surface area contributed by atoms with Crippen LogP contribution in [0.25, 0.3) is 0 Å². The number of rotatable bonds is 7. The van der Waals surface area contributed by atoms with E-state index in [1.165, 1.54) is 36.6 Å². The highest BCUT2D eigenvalue weighted by Gasteiger charge is 2.20. The van der Waals surface area contributed by atoms with E-state index in [1.807, 2.05) is 0 Å². The maximum atomic E-state index is 12.5. The first-order chi connectivity index (χ1) is 11.8. The number of hydrogen-bond acceptors (Lipinski definition) is 7. The Labute approximate surface area is 150 Å². The van der Waals surface area contributed by atoms with Gasteiger partial charge in [-0.2, -0.15) is 0 Å². The molecule has 1 aromatic carbocycles. The molecule has 8 nitrogen and oxygen atoms in total. The van der Waals surface area contributed by atoms with Gasteiger partial charge in [0, 0.05) is 5.92 Å². The largest absolute Gasteiger partial charge is 0.496 e. The van der Waals surface area contributed by atoms with Crippen molar-refractivity contribution in [2.24, 2.45) is 5.14 Å². The van der Waals surface area contributed by atoms with Crippen molar-refractivity contribution in [3.8, 4) is 5.75 Å². The zero-order valence-electron chi connectivity index (χ0n) is 14.1. The van der Waals surface area contributed by atoms with Gasteiger partial charge in [-0.15, -0.1) is 10.2 Å². The predicted molar refractivity (Wildman–Crippen MR) is 95.6 cm³/mol. The van der Waals surface area contributed by atoms with E-state index in [-0.39, 0.29) is 16.2 Å². The number of carbonyl (C=O) groups is 1. The monoisotopic (exact) mass is 384 g/mol. The highest BCUT2D eigenvalue weighted by molar-refractivity contribution is 7.89. The summed E-state index contributed by atoms with van der Waals surface area (Å²) in [6.45, 7) is 4.13. The average Bonchev–Trinajstić information content (AvgIpc) is 3.02. The molecule has 0 aliphatic rings. The number of nitrogens with zero attached hydrogens (tertiary/aromatic N) is 2. The van der Waals surface area contributed by atoms with Crippen LogP contribution in [0.1, 0.15) is 48.0 Å². The van der Waals surface area contributed by atoms with Gasteiger partial charge in [-0.05, 0) is 31.0 Å². The summed E-state index contributed by atoms with van der Waals surface area (Å²) in [5.74, 6) is -0.0207. The third-order valence-corrected chi connectivity index (χ3v) is 5.65. The molecular weight excluding hydrogens is 364 g/mol. The Kier molecular flexibility index (Phi) is 6.09. The van der Waals surface area contributed by atoms with Gasteiger partial charge >= 0.3 is 0 Å². The molecule has 2 aromatic rings. The molecular formula is C15H20N4O4S2.